The summed E-state index contributed by atoms with van der Waals surface area (Å²) >= 11 is 0. The number of amides is 1. The van der Waals surface area contributed by atoms with Gasteiger partial charge in [0.1, 0.15) is 0 Å². The topological polar surface area (TPSA) is 86.5 Å². The molecule has 1 N–H and O–H groups in total. The highest BCUT2D eigenvalue weighted by Gasteiger charge is 2.23. The van der Waals surface area contributed by atoms with Gasteiger partial charge in [0.25, 0.3) is 11.6 Å². The lowest BCUT2D eigenvalue weighted by Crippen LogP contribution is -2.36. The lowest BCUT2D eigenvalue weighted by Gasteiger charge is -2.23. The molecule has 1 aliphatic heterocycles. The summed E-state index contributed by atoms with van der Waals surface area (Å²) in [6, 6.07) is 7.63. The van der Waals surface area contributed by atoms with Crippen LogP contribution in [0.4, 0.5) is 0 Å². The third kappa shape index (κ3) is 2.96. The van der Waals surface area contributed by atoms with Crippen molar-refractivity contribution in [2.45, 2.75) is 45.1 Å². The summed E-state index contributed by atoms with van der Waals surface area (Å²) < 4.78 is 16.2. The average Bonchev–Trinajstić information content (AvgIpc) is 3.34. The Morgan fingerprint density at radius 2 is 1.93 bits per heavy atom. The normalized spacial score (nSPS) is 16.5. The maximum atomic E-state index is 13.1. The van der Waals surface area contributed by atoms with Gasteiger partial charge in [0, 0.05) is 11.6 Å². The number of carbonyl (C=O) groups is 1. The van der Waals surface area contributed by atoms with E-state index in [4.69, 9.17) is 14.0 Å². The second-order valence-corrected chi connectivity index (χ2v) is 7.38. The number of rotatable bonds is 3. The fourth-order valence-corrected chi connectivity index (χ4v) is 3.99. The van der Waals surface area contributed by atoms with Crippen molar-refractivity contribution in [3.05, 3.63) is 35.5 Å². The minimum absolute atomic E-state index is 0.104. The molecule has 3 heterocycles. The number of ether oxygens (including phenoxy) is 2. The largest absolute Gasteiger partial charge is 0.454 e. The third-order valence-electron chi connectivity index (χ3n) is 5.47. The Morgan fingerprint density at radius 1 is 1.11 bits per heavy atom. The van der Waals surface area contributed by atoms with Gasteiger partial charge in [-0.15, -0.1) is 0 Å². The van der Waals surface area contributed by atoms with Crippen molar-refractivity contribution in [3.8, 4) is 22.8 Å². The maximum Gasteiger partial charge on any atom is 0.259 e. The highest BCUT2D eigenvalue weighted by molar-refractivity contribution is 6.07. The molecule has 1 amide bonds. The van der Waals surface area contributed by atoms with Crippen molar-refractivity contribution in [1.82, 2.24) is 15.5 Å². The van der Waals surface area contributed by atoms with E-state index in [1.165, 1.54) is 6.42 Å². The summed E-state index contributed by atoms with van der Waals surface area (Å²) in [7, 11) is 0. The molecule has 0 bridgehead atoms. The molecule has 144 valence electrons. The number of aryl methyl sites for hydroxylation is 1. The zero-order valence-corrected chi connectivity index (χ0v) is 15.7. The monoisotopic (exact) mass is 379 g/mol. The molecular weight excluding hydrogens is 358 g/mol. The molecule has 0 saturated heterocycles. The molecule has 0 radical (unpaired) electrons. The molecule has 3 aromatic rings. The molecule has 1 fully saturated rings. The molecule has 0 spiro atoms. The molecule has 1 aromatic carbocycles. The molecular formula is C21H21N3O4. The second-order valence-electron chi connectivity index (χ2n) is 7.38. The van der Waals surface area contributed by atoms with Gasteiger partial charge in [-0.2, -0.15) is 0 Å². The van der Waals surface area contributed by atoms with Crippen molar-refractivity contribution in [2.75, 3.05) is 6.79 Å². The lowest BCUT2D eigenvalue weighted by atomic mass is 9.95. The predicted octanol–water partition coefficient (Wildman–Crippen LogP) is 3.99. The van der Waals surface area contributed by atoms with Crippen LogP contribution in [0.3, 0.4) is 0 Å². The number of carbonyl (C=O) groups excluding carboxylic acids is 1. The van der Waals surface area contributed by atoms with Gasteiger partial charge in [0.05, 0.1) is 22.3 Å². The second kappa shape index (κ2) is 6.82. The molecule has 7 heteroatoms. The first-order valence-electron chi connectivity index (χ1n) is 9.67. The van der Waals surface area contributed by atoms with Crippen LogP contribution in [0.25, 0.3) is 22.4 Å². The summed E-state index contributed by atoms with van der Waals surface area (Å²) in [4.78, 5) is 17.7. The van der Waals surface area contributed by atoms with Crippen molar-refractivity contribution >= 4 is 17.0 Å². The van der Waals surface area contributed by atoms with Crippen LogP contribution >= 0.6 is 0 Å². The highest BCUT2D eigenvalue weighted by atomic mass is 16.7. The first-order chi connectivity index (χ1) is 13.7. The van der Waals surface area contributed by atoms with Crippen LogP contribution in [0.2, 0.25) is 0 Å². The molecule has 7 nitrogen and oxygen atoms in total. The van der Waals surface area contributed by atoms with Crippen LogP contribution in [-0.4, -0.2) is 28.9 Å². The molecule has 2 aliphatic rings. The number of hydrogen-bond donors (Lipinski definition) is 1. The smallest absolute Gasteiger partial charge is 0.259 e. The summed E-state index contributed by atoms with van der Waals surface area (Å²) in [6.07, 6.45) is 5.61. The number of pyridine rings is 1. The van der Waals surface area contributed by atoms with Gasteiger partial charge in [0.2, 0.25) is 6.79 Å². The quantitative estimate of drug-likeness (QED) is 0.740. The van der Waals surface area contributed by atoms with Gasteiger partial charge in [-0.25, -0.2) is 4.98 Å². The number of nitrogens with one attached hydrogen (secondary N) is 1. The Labute approximate surface area is 162 Å². The molecule has 0 unspecified atom stereocenters. The number of aromatic nitrogens is 2. The van der Waals surface area contributed by atoms with Crippen molar-refractivity contribution < 1.29 is 18.8 Å². The number of hydrogen-bond acceptors (Lipinski definition) is 6. The van der Waals surface area contributed by atoms with Crippen LogP contribution in [0.15, 0.2) is 28.8 Å². The first kappa shape index (κ1) is 17.0. The van der Waals surface area contributed by atoms with Crippen LogP contribution in [-0.2, 0) is 0 Å². The van der Waals surface area contributed by atoms with E-state index >= 15 is 0 Å². The van der Waals surface area contributed by atoms with E-state index in [-0.39, 0.29) is 18.7 Å². The average molecular weight is 379 g/mol. The molecule has 28 heavy (non-hydrogen) atoms. The number of nitrogens with zero attached hydrogens (tertiary/aromatic N) is 2. The Morgan fingerprint density at radius 3 is 2.79 bits per heavy atom. The van der Waals surface area contributed by atoms with Gasteiger partial charge in [-0.05, 0) is 44.0 Å². The van der Waals surface area contributed by atoms with Gasteiger partial charge in [-0.1, -0.05) is 24.4 Å². The van der Waals surface area contributed by atoms with Crippen LogP contribution in [0.5, 0.6) is 11.5 Å². The number of fused-ring (bicyclic) bond motifs is 2. The molecule has 5 rings (SSSR count). The molecule has 1 aliphatic carbocycles. The molecule has 2 aromatic heterocycles. The van der Waals surface area contributed by atoms with E-state index in [1.807, 2.05) is 31.2 Å². The van der Waals surface area contributed by atoms with Crippen molar-refractivity contribution in [3.63, 3.8) is 0 Å². The summed E-state index contributed by atoms with van der Waals surface area (Å²) in [5.74, 6) is 1.27. The van der Waals surface area contributed by atoms with Gasteiger partial charge < -0.3 is 19.3 Å². The summed E-state index contributed by atoms with van der Waals surface area (Å²) in [6.45, 7) is 2.03. The fraction of sp³-hybridized carbons (Fsp3) is 0.381. The van der Waals surface area contributed by atoms with Crippen LogP contribution in [0.1, 0.15) is 48.2 Å². The predicted molar refractivity (Wildman–Crippen MR) is 102 cm³/mol. The Hall–Kier alpha value is -3.09. The zero-order valence-electron chi connectivity index (χ0n) is 15.7. The van der Waals surface area contributed by atoms with Crippen LogP contribution in [0, 0.1) is 6.92 Å². The highest BCUT2D eigenvalue weighted by Crippen LogP contribution is 2.36. The van der Waals surface area contributed by atoms with E-state index in [1.54, 1.807) is 0 Å². The maximum absolute atomic E-state index is 13.1. The van der Waals surface area contributed by atoms with Gasteiger partial charge in [-0.3, -0.25) is 4.79 Å². The fourth-order valence-electron chi connectivity index (χ4n) is 3.99. The summed E-state index contributed by atoms with van der Waals surface area (Å²) in [5.41, 5.74) is 3.03. The molecule has 1 saturated carbocycles. The summed E-state index contributed by atoms with van der Waals surface area (Å²) in [5, 5.41) is 7.86. The standard InChI is InChI=1S/C21H21N3O4/c1-12-19-15(20(25)22-14-5-3-2-4-6-14)10-16(23-21(19)28-24-12)13-7-8-17-18(9-13)27-11-26-17/h7-10,14H,2-6,11H2,1H3,(H,22,25). The third-order valence-corrected chi connectivity index (χ3v) is 5.47. The van der Waals surface area contributed by atoms with Gasteiger partial charge in [0.15, 0.2) is 11.5 Å². The van der Waals surface area contributed by atoms with Crippen LogP contribution < -0.4 is 14.8 Å². The Bertz CT molecular complexity index is 1050. The van der Waals surface area contributed by atoms with E-state index in [0.717, 1.165) is 31.2 Å². The van der Waals surface area contributed by atoms with Crippen molar-refractivity contribution in [2.24, 2.45) is 0 Å². The lowest BCUT2D eigenvalue weighted by molar-refractivity contribution is 0.0929. The number of benzene rings is 1. The Kier molecular flexibility index (Phi) is 4.15. The molecule has 0 atom stereocenters. The first-order valence-corrected chi connectivity index (χ1v) is 9.67. The SMILES string of the molecule is Cc1noc2nc(-c3ccc4c(c3)OCO4)cc(C(=O)NC3CCCCC3)c12. The Balaban J connectivity index is 1.55. The minimum Gasteiger partial charge on any atom is -0.454 e. The van der Waals surface area contributed by atoms with E-state index in [9.17, 15) is 4.79 Å². The minimum atomic E-state index is -0.104. The van der Waals surface area contributed by atoms with Crippen molar-refractivity contribution in [1.29, 1.82) is 0 Å². The van der Waals surface area contributed by atoms with E-state index in [2.05, 4.69) is 15.5 Å². The van der Waals surface area contributed by atoms with E-state index in [0.29, 0.717) is 39.6 Å². The van der Waals surface area contributed by atoms with Gasteiger partial charge >= 0.3 is 0 Å². The zero-order chi connectivity index (χ0) is 19.1. The van der Waals surface area contributed by atoms with E-state index < -0.39 is 0 Å².